The molecule has 0 aliphatic rings. The van der Waals surface area contributed by atoms with Gasteiger partial charge in [0.2, 0.25) is 0 Å². The number of alkyl halides is 1. The SMILES string of the molecule is BrCc1ccc(-n2cccn2)c2ccccc12. The molecular weight excluding hydrogens is 276 g/mol. The molecule has 2 aromatic carbocycles. The predicted octanol–water partition coefficient (Wildman–Crippen LogP) is 3.92. The average molecular weight is 287 g/mol. The summed E-state index contributed by atoms with van der Waals surface area (Å²) in [5.74, 6) is 0. The lowest BCUT2D eigenvalue weighted by Crippen LogP contribution is -1.96. The third kappa shape index (κ3) is 1.76. The van der Waals surface area contributed by atoms with E-state index >= 15 is 0 Å². The molecule has 0 saturated carbocycles. The van der Waals surface area contributed by atoms with Crippen molar-refractivity contribution in [3.8, 4) is 5.69 Å². The highest BCUT2D eigenvalue weighted by molar-refractivity contribution is 9.08. The molecule has 0 atom stereocenters. The maximum absolute atomic E-state index is 4.30. The first-order valence-corrected chi connectivity index (χ1v) is 6.59. The molecule has 3 heteroatoms. The summed E-state index contributed by atoms with van der Waals surface area (Å²) >= 11 is 3.53. The molecule has 0 bridgehead atoms. The molecule has 2 nitrogen and oxygen atoms in total. The number of hydrogen-bond donors (Lipinski definition) is 0. The van der Waals surface area contributed by atoms with Crippen molar-refractivity contribution < 1.29 is 0 Å². The third-order valence-electron chi connectivity index (χ3n) is 2.89. The lowest BCUT2D eigenvalue weighted by molar-refractivity contribution is 0.887. The second-order valence-corrected chi connectivity index (χ2v) is 4.43. The molecule has 0 aliphatic carbocycles. The van der Waals surface area contributed by atoms with E-state index in [1.807, 2.05) is 16.9 Å². The Morgan fingerprint density at radius 3 is 2.53 bits per heavy atom. The van der Waals surface area contributed by atoms with Crippen LogP contribution in [0, 0.1) is 0 Å². The molecule has 1 heterocycles. The Kier molecular flexibility index (Phi) is 2.69. The molecular formula is C14H11BrN2. The molecule has 0 aliphatic heterocycles. The summed E-state index contributed by atoms with van der Waals surface area (Å²) in [4.78, 5) is 0. The van der Waals surface area contributed by atoms with Crippen molar-refractivity contribution >= 4 is 26.7 Å². The number of fused-ring (bicyclic) bond motifs is 1. The van der Waals surface area contributed by atoms with Gasteiger partial charge in [-0.1, -0.05) is 46.3 Å². The van der Waals surface area contributed by atoms with Gasteiger partial charge >= 0.3 is 0 Å². The first kappa shape index (κ1) is 10.5. The second-order valence-electron chi connectivity index (χ2n) is 3.87. The van der Waals surface area contributed by atoms with Gasteiger partial charge in [0, 0.05) is 23.1 Å². The van der Waals surface area contributed by atoms with Gasteiger partial charge in [0.1, 0.15) is 0 Å². The highest BCUT2D eigenvalue weighted by Crippen LogP contribution is 2.26. The van der Waals surface area contributed by atoms with Crippen molar-refractivity contribution in [2.24, 2.45) is 0 Å². The van der Waals surface area contributed by atoms with Crippen molar-refractivity contribution in [1.29, 1.82) is 0 Å². The lowest BCUT2D eigenvalue weighted by Gasteiger charge is -2.09. The van der Waals surface area contributed by atoms with E-state index in [0.29, 0.717) is 0 Å². The van der Waals surface area contributed by atoms with Crippen molar-refractivity contribution in [3.63, 3.8) is 0 Å². The molecule has 0 fully saturated rings. The molecule has 17 heavy (non-hydrogen) atoms. The van der Waals surface area contributed by atoms with Gasteiger partial charge in [0.15, 0.2) is 0 Å². The third-order valence-corrected chi connectivity index (χ3v) is 3.49. The Morgan fingerprint density at radius 2 is 1.82 bits per heavy atom. The average Bonchev–Trinajstić information content (AvgIpc) is 2.91. The van der Waals surface area contributed by atoms with E-state index in [9.17, 15) is 0 Å². The van der Waals surface area contributed by atoms with Gasteiger partial charge in [-0.15, -0.1) is 0 Å². The van der Waals surface area contributed by atoms with Crippen molar-refractivity contribution in [2.75, 3.05) is 0 Å². The van der Waals surface area contributed by atoms with Crippen LogP contribution in [-0.2, 0) is 5.33 Å². The number of halogens is 1. The summed E-state index contributed by atoms with van der Waals surface area (Å²) in [7, 11) is 0. The van der Waals surface area contributed by atoms with E-state index in [1.54, 1.807) is 6.20 Å². The Bertz CT molecular complexity index is 644. The maximum atomic E-state index is 4.30. The fourth-order valence-corrected chi connectivity index (χ4v) is 2.56. The van der Waals surface area contributed by atoms with Gasteiger partial charge in [0.05, 0.1) is 5.69 Å². The van der Waals surface area contributed by atoms with E-state index < -0.39 is 0 Å². The zero-order chi connectivity index (χ0) is 11.7. The molecule has 0 saturated heterocycles. The quantitative estimate of drug-likeness (QED) is 0.653. The number of nitrogens with zero attached hydrogens (tertiary/aromatic N) is 2. The van der Waals surface area contributed by atoms with Crippen LogP contribution in [0.2, 0.25) is 0 Å². The van der Waals surface area contributed by atoms with E-state index in [4.69, 9.17) is 0 Å². The minimum atomic E-state index is 0.868. The molecule has 0 N–H and O–H groups in total. The fourth-order valence-electron chi connectivity index (χ4n) is 2.07. The van der Waals surface area contributed by atoms with Gasteiger partial charge in [-0.25, -0.2) is 4.68 Å². The van der Waals surface area contributed by atoms with E-state index in [1.165, 1.54) is 16.3 Å². The van der Waals surface area contributed by atoms with Crippen LogP contribution in [0.1, 0.15) is 5.56 Å². The summed E-state index contributed by atoms with van der Waals surface area (Å²) in [6.07, 6.45) is 3.77. The molecule has 84 valence electrons. The number of rotatable bonds is 2. The van der Waals surface area contributed by atoms with Crippen LogP contribution in [0.25, 0.3) is 16.5 Å². The smallest absolute Gasteiger partial charge is 0.0724 e. The van der Waals surface area contributed by atoms with Gasteiger partial charge in [-0.2, -0.15) is 5.10 Å². The molecule has 0 unspecified atom stereocenters. The molecule has 3 aromatic rings. The number of benzene rings is 2. The summed E-state index contributed by atoms with van der Waals surface area (Å²) in [6, 6.07) is 14.6. The van der Waals surface area contributed by atoms with Crippen LogP contribution in [0.4, 0.5) is 0 Å². The Labute approximate surface area is 108 Å². The Hall–Kier alpha value is -1.61. The summed E-state index contributed by atoms with van der Waals surface area (Å²) in [5, 5.41) is 7.67. The molecule has 0 radical (unpaired) electrons. The number of hydrogen-bond acceptors (Lipinski definition) is 1. The zero-order valence-corrected chi connectivity index (χ0v) is 10.8. The highest BCUT2D eigenvalue weighted by atomic mass is 79.9. The monoisotopic (exact) mass is 286 g/mol. The van der Waals surface area contributed by atoms with Gasteiger partial charge < -0.3 is 0 Å². The van der Waals surface area contributed by atoms with Crippen LogP contribution in [0.3, 0.4) is 0 Å². The van der Waals surface area contributed by atoms with Crippen LogP contribution in [0.5, 0.6) is 0 Å². The summed E-state index contributed by atoms with van der Waals surface area (Å²) in [5.41, 5.74) is 2.42. The van der Waals surface area contributed by atoms with Gasteiger partial charge in [0.25, 0.3) is 0 Å². The van der Waals surface area contributed by atoms with Crippen molar-refractivity contribution in [3.05, 3.63) is 60.4 Å². The first-order chi connectivity index (χ1) is 8.40. The highest BCUT2D eigenvalue weighted by Gasteiger charge is 2.06. The maximum Gasteiger partial charge on any atom is 0.0724 e. The topological polar surface area (TPSA) is 17.8 Å². The van der Waals surface area contributed by atoms with E-state index in [2.05, 4.69) is 57.4 Å². The predicted molar refractivity (Wildman–Crippen MR) is 73.7 cm³/mol. The standard InChI is InChI=1S/C14H11BrN2/c15-10-11-6-7-14(17-9-3-8-16-17)13-5-2-1-4-12(11)13/h1-9H,10H2. The minimum Gasteiger partial charge on any atom is -0.240 e. The Morgan fingerprint density at radius 1 is 1.00 bits per heavy atom. The first-order valence-electron chi connectivity index (χ1n) is 5.47. The minimum absolute atomic E-state index is 0.868. The van der Waals surface area contributed by atoms with Crippen molar-refractivity contribution in [2.45, 2.75) is 5.33 Å². The van der Waals surface area contributed by atoms with Crippen LogP contribution in [-0.4, -0.2) is 9.78 Å². The fraction of sp³-hybridized carbons (Fsp3) is 0.0714. The molecule has 0 spiro atoms. The van der Waals surface area contributed by atoms with E-state index in [-0.39, 0.29) is 0 Å². The van der Waals surface area contributed by atoms with Crippen LogP contribution in [0.15, 0.2) is 54.9 Å². The molecule has 0 amide bonds. The van der Waals surface area contributed by atoms with E-state index in [0.717, 1.165) is 11.0 Å². The van der Waals surface area contributed by atoms with Crippen LogP contribution < -0.4 is 0 Å². The lowest BCUT2D eigenvalue weighted by atomic mass is 10.0. The number of aromatic nitrogens is 2. The van der Waals surface area contributed by atoms with Crippen LogP contribution >= 0.6 is 15.9 Å². The van der Waals surface area contributed by atoms with Crippen molar-refractivity contribution in [1.82, 2.24) is 9.78 Å². The molecule has 3 rings (SSSR count). The Balaban J connectivity index is 2.34. The zero-order valence-electron chi connectivity index (χ0n) is 9.18. The van der Waals surface area contributed by atoms with Gasteiger partial charge in [-0.05, 0) is 23.1 Å². The summed E-state index contributed by atoms with van der Waals surface area (Å²) in [6.45, 7) is 0. The van der Waals surface area contributed by atoms with Gasteiger partial charge in [-0.3, -0.25) is 0 Å². The largest absolute Gasteiger partial charge is 0.240 e. The summed E-state index contributed by atoms with van der Waals surface area (Å²) < 4.78 is 1.90. The second kappa shape index (κ2) is 4.34. The molecule has 1 aromatic heterocycles. The normalized spacial score (nSPS) is 10.9.